The molecule has 116 valence electrons. The maximum Gasteiger partial charge on any atom is 0.387 e. The first kappa shape index (κ1) is 15.9. The highest BCUT2D eigenvalue weighted by molar-refractivity contribution is 7.80. The van der Waals surface area contributed by atoms with Gasteiger partial charge in [0.25, 0.3) is 0 Å². The van der Waals surface area contributed by atoms with Crippen molar-refractivity contribution >= 4 is 23.0 Å². The summed E-state index contributed by atoms with van der Waals surface area (Å²) in [5.74, 6) is 0.746. The van der Waals surface area contributed by atoms with E-state index in [-0.39, 0.29) is 5.75 Å². The summed E-state index contributed by atoms with van der Waals surface area (Å²) in [6.07, 6.45) is 4.86. The first-order valence-electron chi connectivity index (χ1n) is 7.17. The second-order valence-corrected chi connectivity index (χ2v) is 5.78. The molecule has 0 bridgehead atoms. The van der Waals surface area contributed by atoms with E-state index >= 15 is 0 Å². The molecular weight excluding hydrogens is 294 g/mol. The minimum atomic E-state index is -2.81. The van der Waals surface area contributed by atoms with Gasteiger partial charge in [-0.15, -0.1) is 0 Å². The average Bonchev–Trinajstić information content (AvgIpc) is 2.43. The van der Waals surface area contributed by atoms with E-state index in [4.69, 9.17) is 12.2 Å². The smallest absolute Gasteiger partial charge is 0.387 e. The van der Waals surface area contributed by atoms with Gasteiger partial charge in [-0.3, -0.25) is 0 Å². The van der Waals surface area contributed by atoms with Crippen LogP contribution in [0.1, 0.15) is 32.6 Å². The van der Waals surface area contributed by atoms with Crippen molar-refractivity contribution < 1.29 is 13.5 Å². The van der Waals surface area contributed by atoms with Crippen LogP contribution in [-0.2, 0) is 0 Å². The van der Waals surface area contributed by atoms with Crippen LogP contribution in [0.2, 0.25) is 0 Å². The average molecular weight is 314 g/mol. The van der Waals surface area contributed by atoms with Crippen LogP contribution in [0.4, 0.5) is 14.5 Å². The lowest BCUT2D eigenvalue weighted by molar-refractivity contribution is -0.0498. The zero-order valence-electron chi connectivity index (χ0n) is 11.9. The van der Waals surface area contributed by atoms with Crippen molar-refractivity contribution in [1.82, 2.24) is 5.32 Å². The van der Waals surface area contributed by atoms with Gasteiger partial charge in [-0.1, -0.05) is 19.8 Å². The van der Waals surface area contributed by atoms with E-state index in [1.54, 1.807) is 12.1 Å². The second kappa shape index (κ2) is 7.54. The standard InChI is InChI=1S/C15H20F2N2OS/c1-10-4-2-3-5-13(10)19-15(21)18-11-6-8-12(9-7-11)20-14(16)17/h6-10,13-14H,2-5H2,1H3,(H2,18,19,21). The minimum absolute atomic E-state index is 0.135. The minimum Gasteiger partial charge on any atom is -0.435 e. The number of thiocarbonyl (C=S) groups is 1. The molecule has 21 heavy (non-hydrogen) atoms. The molecule has 0 aromatic heterocycles. The summed E-state index contributed by atoms with van der Waals surface area (Å²) in [7, 11) is 0. The van der Waals surface area contributed by atoms with Crippen molar-refractivity contribution in [3.05, 3.63) is 24.3 Å². The number of anilines is 1. The lowest BCUT2D eigenvalue weighted by atomic mass is 9.86. The fourth-order valence-corrected chi connectivity index (χ4v) is 2.86. The number of hydrogen-bond donors (Lipinski definition) is 2. The normalized spacial score (nSPS) is 21.9. The number of halogens is 2. The molecular formula is C15H20F2N2OS. The Balaban J connectivity index is 1.84. The maximum atomic E-state index is 12.1. The van der Waals surface area contributed by atoms with Gasteiger partial charge in [-0.05, 0) is 55.2 Å². The van der Waals surface area contributed by atoms with E-state index in [2.05, 4.69) is 22.3 Å². The van der Waals surface area contributed by atoms with Crippen molar-refractivity contribution in [2.24, 2.45) is 5.92 Å². The molecule has 0 aliphatic heterocycles. The van der Waals surface area contributed by atoms with Crippen LogP contribution < -0.4 is 15.4 Å². The molecule has 1 aromatic rings. The zero-order valence-corrected chi connectivity index (χ0v) is 12.8. The fourth-order valence-electron chi connectivity index (χ4n) is 2.59. The molecule has 2 unspecified atom stereocenters. The molecule has 1 aliphatic carbocycles. The summed E-state index contributed by atoms with van der Waals surface area (Å²) in [5, 5.41) is 6.97. The Hall–Kier alpha value is -1.43. The van der Waals surface area contributed by atoms with Gasteiger partial charge in [-0.25, -0.2) is 0 Å². The molecule has 6 heteroatoms. The molecule has 2 N–H and O–H groups in total. The summed E-state index contributed by atoms with van der Waals surface area (Å²) < 4.78 is 28.4. The van der Waals surface area contributed by atoms with E-state index < -0.39 is 6.61 Å². The van der Waals surface area contributed by atoms with Gasteiger partial charge in [0.2, 0.25) is 0 Å². The van der Waals surface area contributed by atoms with Crippen molar-refractivity contribution in [2.75, 3.05) is 5.32 Å². The summed E-state index contributed by atoms with van der Waals surface area (Å²) in [6.45, 7) is -0.574. The Kier molecular flexibility index (Phi) is 5.73. The molecule has 2 rings (SSSR count). The number of nitrogens with one attached hydrogen (secondary N) is 2. The number of ether oxygens (including phenoxy) is 1. The van der Waals surface area contributed by atoms with Crippen LogP contribution in [0.5, 0.6) is 5.75 Å². The summed E-state index contributed by atoms with van der Waals surface area (Å²) in [5.41, 5.74) is 0.748. The monoisotopic (exact) mass is 314 g/mol. The van der Waals surface area contributed by atoms with Gasteiger partial charge in [0.1, 0.15) is 5.75 Å². The molecule has 0 amide bonds. The molecule has 1 fully saturated rings. The third-order valence-electron chi connectivity index (χ3n) is 3.77. The van der Waals surface area contributed by atoms with Crippen LogP contribution in [-0.4, -0.2) is 17.8 Å². The van der Waals surface area contributed by atoms with Gasteiger partial charge >= 0.3 is 6.61 Å². The zero-order chi connectivity index (χ0) is 15.2. The number of rotatable bonds is 4. The van der Waals surface area contributed by atoms with Crippen molar-refractivity contribution in [3.8, 4) is 5.75 Å². The van der Waals surface area contributed by atoms with E-state index in [9.17, 15) is 8.78 Å². The Morgan fingerprint density at radius 2 is 1.90 bits per heavy atom. The SMILES string of the molecule is CC1CCCCC1NC(=S)Nc1ccc(OC(F)F)cc1. The predicted molar refractivity (Wildman–Crippen MR) is 83.9 cm³/mol. The lowest BCUT2D eigenvalue weighted by Gasteiger charge is -2.30. The third kappa shape index (κ3) is 5.12. The number of benzene rings is 1. The second-order valence-electron chi connectivity index (χ2n) is 5.37. The largest absolute Gasteiger partial charge is 0.435 e. The van der Waals surface area contributed by atoms with Crippen LogP contribution in [0.3, 0.4) is 0 Å². The van der Waals surface area contributed by atoms with E-state index in [0.717, 1.165) is 12.1 Å². The fraction of sp³-hybridized carbons (Fsp3) is 0.533. The Morgan fingerprint density at radius 1 is 1.24 bits per heavy atom. The molecule has 3 nitrogen and oxygen atoms in total. The van der Waals surface area contributed by atoms with Gasteiger partial charge in [0.15, 0.2) is 5.11 Å². The molecule has 0 radical (unpaired) electrons. The Morgan fingerprint density at radius 3 is 2.52 bits per heavy atom. The highest BCUT2D eigenvalue weighted by Crippen LogP contribution is 2.24. The van der Waals surface area contributed by atoms with Crippen LogP contribution in [0.15, 0.2) is 24.3 Å². The molecule has 2 atom stereocenters. The third-order valence-corrected chi connectivity index (χ3v) is 3.99. The van der Waals surface area contributed by atoms with Gasteiger partial charge in [0.05, 0.1) is 0 Å². The van der Waals surface area contributed by atoms with Gasteiger partial charge in [0, 0.05) is 11.7 Å². The Bertz CT molecular complexity index is 467. The van der Waals surface area contributed by atoms with Crippen molar-refractivity contribution in [1.29, 1.82) is 0 Å². The molecule has 1 aromatic carbocycles. The maximum absolute atomic E-state index is 12.1. The van der Waals surface area contributed by atoms with Crippen molar-refractivity contribution in [3.63, 3.8) is 0 Å². The molecule has 1 aliphatic rings. The summed E-state index contributed by atoms with van der Waals surface area (Å²) >= 11 is 5.30. The van der Waals surface area contributed by atoms with Gasteiger partial charge in [-0.2, -0.15) is 8.78 Å². The summed E-state index contributed by atoms with van der Waals surface area (Å²) in [4.78, 5) is 0. The quantitative estimate of drug-likeness (QED) is 0.818. The van der Waals surface area contributed by atoms with Crippen LogP contribution >= 0.6 is 12.2 Å². The van der Waals surface area contributed by atoms with E-state index in [1.165, 1.54) is 31.4 Å². The Labute approximate surface area is 129 Å². The van der Waals surface area contributed by atoms with Crippen LogP contribution in [0, 0.1) is 5.92 Å². The van der Waals surface area contributed by atoms with E-state index in [0.29, 0.717) is 17.1 Å². The first-order chi connectivity index (χ1) is 10.0. The highest BCUT2D eigenvalue weighted by Gasteiger charge is 2.21. The number of alkyl halides is 2. The van der Waals surface area contributed by atoms with Crippen LogP contribution in [0.25, 0.3) is 0 Å². The van der Waals surface area contributed by atoms with Crippen molar-refractivity contribution in [2.45, 2.75) is 45.3 Å². The lowest BCUT2D eigenvalue weighted by Crippen LogP contribution is -2.43. The highest BCUT2D eigenvalue weighted by atomic mass is 32.1. The molecule has 0 saturated heterocycles. The first-order valence-corrected chi connectivity index (χ1v) is 7.58. The topological polar surface area (TPSA) is 33.3 Å². The molecule has 1 saturated carbocycles. The van der Waals surface area contributed by atoms with Gasteiger partial charge < -0.3 is 15.4 Å². The number of hydrogen-bond acceptors (Lipinski definition) is 2. The predicted octanol–water partition coefficient (Wildman–Crippen LogP) is 4.15. The molecule has 0 heterocycles. The summed E-state index contributed by atoms with van der Waals surface area (Å²) in [6, 6.07) is 6.70. The molecule has 0 spiro atoms. The van der Waals surface area contributed by atoms with E-state index in [1.807, 2.05) is 0 Å².